The van der Waals surface area contributed by atoms with Crippen molar-refractivity contribution in [1.29, 1.82) is 0 Å². The molecule has 0 aliphatic rings. The first-order valence-electron chi connectivity index (χ1n) is 6.84. The first-order valence-corrected chi connectivity index (χ1v) is 6.84. The maximum Gasteiger partial charge on any atom is 0.315 e. The van der Waals surface area contributed by atoms with Gasteiger partial charge in [0, 0.05) is 13.0 Å². The van der Waals surface area contributed by atoms with Crippen LogP contribution in [0.15, 0.2) is 28.8 Å². The van der Waals surface area contributed by atoms with Crippen LogP contribution >= 0.6 is 0 Å². The molecule has 0 saturated carbocycles. The molecule has 2 aromatic rings. The van der Waals surface area contributed by atoms with E-state index in [1.807, 2.05) is 13.8 Å². The zero-order valence-corrected chi connectivity index (χ0v) is 12.0. The first kappa shape index (κ1) is 14.8. The molecule has 1 aromatic carbocycles. The van der Waals surface area contributed by atoms with Gasteiger partial charge in [0.1, 0.15) is 17.1 Å². The molecule has 7 heteroatoms. The molecule has 2 rings (SSSR count). The minimum atomic E-state index is -0.395. The van der Waals surface area contributed by atoms with Crippen molar-refractivity contribution in [1.82, 2.24) is 4.98 Å². The van der Waals surface area contributed by atoms with Gasteiger partial charge in [-0.15, -0.1) is 0 Å². The summed E-state index contributed by atoms with van der Waals surface area (Å²) in [6.07, 6.45) is 2.43. The number of nitrogens with zero attached hydrogens (tertiary/aromatic N) is 2. The Morgan fingerprint density at radius 1 is 1.29 bits per heavy atom. The van der Waals surface area contributed by atoms with Gasteiger partial charge < -0.3 is 15.1 Å². The van der Waals surface area contributed by atoms with Crippen molar-refractivity contribution in [3.8, 4) is 0 Å². The van der Waals surface area contributed by atoms with E-state index in [4.69, 9.17) is 4.42 Å². The zero-order valence-electron chi connectivity index (χ0n) is 12.0. The van der Waals surface area contributed by atoms with Crippen LogP contribution in [0.5, 0.6) is 0 Å². The number of oxazole rings is 1. The molecule has 0 spiro atoms. The number of para-hydroxylation sites is 1. The van der Waals surface area contributed by atoms with Crippen molar-refractivity contribution in [3.63, 3.8) is 0 Å². The second kappa shape index (κ2) is 6.74. The first-order chi connectivity index (χ1) is 10.2. The Bertz CT molecular complexity index is 624. The molecule has 7 nitrogen and oxygen atoms in total. The van der Waals surface area contributed by atoms with Crippen molar-refractivity contribution in [2.45, 2.75) is 26.8 Å². The van der Waals surface area contributed by atoms with Crippen LogP contribution in [0.4, 0.5) is 17.1 Å². The molecule has 0 fully saturated rings. The lowest BCUT2D eigenvalue weighted by Gasteiger charge is -2.09. The Hall–Kier alpha value is -2.57. The average molecular weight is 290 g/mol. The standard InChI is InChI=1S/C14H18N4O3/c1-3-10-8-17-13(21-10)9-16-12-7-5-6-11(15-4-2)14(12)18(19)20/h5-8,15-16H,3-4,9H2,1-2H3. The zero-order chi connectivity index (χ0) is 15.2. The summed E-state index contributed by atoms with van der Waals surface area (Å²) in [4.78, 5) is 15.0. The molecule has 21 heavy (non-hydrogen) atoms. The summed E-state index contributed by atoms with van der Waals surface area (Å²) in [5, 5.41) is 17.3. The van der Waals surface area contributed by atoms with Gasteiger partial charge in [-0.25, -0.2) is 4.98 Å². The number of aryl methyl sites for hydroxylation is 1. The smallest absolute Gasteiger partial charge is 0.315 e. The molecule has 0 radical (unpaired) electrons. The minimum Gasteiger partial charge on any atom is -0.444 e. The summed E-state index contributed by atoms with van der Waals surface area (Å²) >= 11 is 0. The van der Waals surface area contributed by atoms with E-state index >= 15 is 0 Å². The summed E-state index contributed by atoms with van der Waals surface area (Å²) in [5.74, 6) is 1.30. The molecule has 2 N–H and O–H groups in total. The SMILES string of the molecule is CCNc1cccc(NCc2ncc(CC)o2)c1[N+](=O)[O-]. The van der Waals surface area contributed by atoms with E-state index < -0.39 is 4.92 Å². The lowest BCUT2D eigenvalue weighted by molar-refractivity contribution is -0.383. The van der Waals surface area contributed by atoms with Crippen molar-refractivity contribution in [2.75, 3.05) is 17.2 Å². The number of anilines is 2. The van der Waals surface area contributed by atoms with Gasteiger partial charge in [0.15, 0.2) is 0 Å². The van der Waals surface area contributed by atoms with E-state index in [9.17, 15) is 10.1 Å². The quantitative estimate of drug-likeness (QED) is 0.601. The summed E-state index contributed by atoms with van der Waals surface area (Å²) < 4.78 is 5.47. The highest BCUT2D eigenvalue weighted by Crippen LogP contribution is 2.32. The maximum atomic E-state index is 11.3. The number of nitro groups is 1. The fraction of sp³-hybridized carbons (Fsp3) is 0.357. The summed E-state index contributed by atoms with van der Waals surface area (Å²) in [6, 6.07) is 5.12. The fourth-order valence-corrected chi connectivity index (χ4v) is 1.98. The van der Waals surface area contributed by atoms with Crippen LogP contribution < -0.4 is 10.6 Å². The number of hydrogen-bond acceptors (Lipinski definition) is 6. The Kier molecular flexibility index (Phi) is 4.76. The van der Waals surface area contributed by atoms with Crippen LogP contribution in [0.3, 0.4) is 0 Å². The van der Waals surface area contributed by atoms with Gasteiger partial charge in [0.25, 0.3) is 0 Å². The molecule has 0 aliphatic heterocycles. The molecule has 0 saturated heterocycles. The van der Waals surface area contributed by atoms with Gasteiger partial charge in [-0.2, -0.15) is 0 Å². The third-order valence-corrected chi connectivity index (χ3v) is 2.97. The number of rotatable bonds is 7. The molecule has 0 unspecified atom stereocenters. The van der Waals surface area contributed by atoms with E-state index in [0.29, 0.717) is 30.4 Å². The van der Waals surface area contributed by atoms with Gasteiger partial charge in [0.2, 0.25) is 5.89 Å². The highest BCUT2D eigenvalue weighted by Gasteiger charge is 2.19. The van der Waals surface area contributed by atoms with Crippen LogP contribution in [0, 0.1) is 10.1 Å². The van der Waals surface area contributed by atoms with Crippen LogP contribution in [0.1, 0.15) is 25.5 Å². The van der Waals surface area contributed by atoms with E-state index in [2.05, 4.69) is 15.6 Å². The molecule has 112 valence electrons. The number of nitro benzene ring substituents is 1. The summed E-state index contributed by atoms with van der Waals surface area (Å²) in [5.41, 5.74) is 0.963. The van der Waals surface area contributed by atoms with Crippen molar-refractivity contribution < 1.29 is 9.34 Å². The number of benzene rings is 1. The Labute approximate surface area is 122 Å². The number of hydrogen-bond donors (Lipinski definition) is 2. The third kappa shape index (κ3) is 3.50. The topological polar surface area (TPSA) is 93.2 Å². The van der Waals surface area contributed by atoms with Gasteiger partial charge in [-0.3, -0.25) is 10.1 Å². The lowest BCUT2D eigenvalue weighted by Crippen LogP contribution is -2.06. The van der Waals surface area contributed by atoms with E-state index in [-0.39, 0.29) is 5.69 Å². The van der Waals surface area contributed by atoms with Gasteiger partial charge >= 0.3 is 5.69 Å². The van der Waals surface area contributed by atoms with Crippen molar-refractivity contribution >= 4 is 17.1 Å². The number of aromatic nitrogens is 1. The van der Waals surface area contributed by atoms with E-state index in [0.717, 1.165) is 12.2 Å². The Balaban J connectivity index is 2.18. The van der Waals surface area contributed by atoms with Gasteiger partial charge in [0.05, 0.1) is 17.7 Å². The van der Waals surface area contributed by atoms with Crippen LogP contribution in [0.25, 0.3) is 0 Å². The lowest BCUT2D eigenvalue weighted by atomic mass is 10.2. The second-order valence-electron chi connectivity index (χ2n) is 4.42. The van der Waals surface area contributed by atoms with E-state index in [1.54, 1.807) is 24.4 Å². The predicted molar refractivity (Wildman–Crippen MR) is 80.5 cm³/mol. The van der Waals surface area contributed by atoms with Crippen LogP contribution in [0.2, 0.25) is 0 Å². The summed E-state index contributed by atoms with van der Waals surface area (Å²) in [7, 11) is 0. The highest BCUT2D eigenvalue weighted by atomic mass is 16.6. The summed E-state index contributed by atoms with van der Waals surface area (Å²) in [6.45, 7) is 4.78. The average Bonchev–Trinajstić information content (AvgIpc) is 2.93. The molecular weight excluding hydrogens is 272 g/mol. The van der Waals surface area contributed by atoms with Crippen molar-refractivity contribution in [3.05, 3.63) is 46.2 Å². The van der Waals surface area contributed by atoms with Crippen molar-refractivity contribution in [2.24, 2.45) is 0 Å². The second-order valence-corrected chi connectivity index (χ2v) is 4.42. The predicted octanol–water partition coefficient (Wildman–Crippen LogP) is 3.19. The molecule has 1 heterocycles. The molecule has 0 aliphatic carbocycles. The normalized spacial score (nSPS) is 10.4. The minimum absolute atomic E-state index is 0.0293. The number of nitrogens with one attached hydrogen (secondary N) is 2. The van der Waals surface area contributed by atoms with Gasteiger partial charge in [-0.1, -0.05) is 13.0 Å². The highest BCUT2D eigenvalue weighted by molar-refractivity contribution is 5.76. The third-order valence-electron chi connectivity index (χ3n) is 2.97. The Morgan fingerprint density at radius 2 is 2.00 bits per heavy atom. The molecule has 0 atom stereocenters. The molecule has 0 bridgehead atoms. The molecule has 1 aromatic heterocycles. The van der Waals surface area contributed by atoms with Gasteiger partial charge in [-0.05, 0) is 19.1 Å². The van der Waals surface area contributed by atoms with Crippen LogP contribution in [-0.2, 0) is 13.0 Å². The molecule has 0 amide bonds. The molecular formula is C14H18N4O3. The van der Waals surface area contributed by atoms with E-state index in [1.165, 1.54) is 0 Å². The fourth-order valence-electron chi connectivity index (χ4n) is 1.98. The monoisotopic (exact) mass is 290 g/mol. The van der Waals surface area contributed by atoms with Crippen LogP contribution in [-0.4, -0.2) is 16.5 Å². The Morgan fingerprint density at radius 3 is 2.57 bits per heavy atom. The maximum absolute atomic E-state index is 11.3. The largest absolute Gasteiger partial charge is 0.444 e.